The van der Waals surface area contributed by atoms with E-state index in [0.29, 0.717) is 19.3 Å². The van der Waals surface area contributed by atoms with Crippen LogP contribution in [0.5, 0.6) is 0 Å². The molecule has 0 spiro atoms. The Morgan fingerprint density at radius 2 is 1.79 bits per heavy atom. The molecule has 0 amide bonds. The topological polar surface area (TPSA) is 101 Å². The molecule has 0 heterocycles. The van der Waals surface area contributed by atoms with Crippen molar-refractivity contribution in [2.45, 2.75) is 83.3 Å². The van der Waals surface area contributed by atoms with Gasteiger partial charge in [0.1, 0.15) is 5.60 Å². The molecule has 6 nitrogen and oxygen atoms in total. The number of carbonyl (C=O) groups is 3. The second kappa shape index (κ2) is 6.48. The number of ketones is 2. The number of hydrogen-bond donors (Lipinski definition) is 2. The largest absolute Gasteiger partial charge is 0.458 e. The van der Waals surface area contributed by atoms with Crippen LogP contribution in [0.15, 0.2) is 11.6 Å². The van der Waals surface area contributed by atoms with E-state index in [2.05, 4.69) is 6.92 Å². The van der Waals surface area contributed by atoms with Crippen molar-refractivity contribution in [3.05, 3.63) is 11.6 Å². The van der Waals surface area contributed by atoms with E-state index in [9.17, 15) is 24.6 Å². The number of carbonyl (C=O) groups excluding carboxylic acids is 3. The summed E-state index contributed by atoms with van der Waals surface area (Å²) in [4.78, 5) is 36.0. The van der Waals surface area contributed by atoms with E-state index in [1.54, 1.807) is 0 Å². The van der Waals surface area contributed by atoms with Crippen molar-refractivity contribution in [3.8, 4) is 0 Å². The van der Waals surface area contributed by atoms with Gasteiger partial charge in [-0.25, -0.2) is 0 Å². The zero-order chi connectivity index (χ0) is 21.2. The Morgan fingerprint density at radius 3 is 2.48 bits per heavy atom. The molecule has 0 radical (unpaired) electrons. The van der Waals surface area contributed by atoms with Crippen LogP contribution in [0.2, 0.25) is 0 Å². The van der Waals surface area contributed by atoms with Crippen LogP contribution in [0.1, 0.15) is 72.1 Å². The molecule has 3 fully saturated rings. The maximum absolute atomic E-state index is 12.9. The first-order valence-electron chi connectivity index (χ1n) is 10.8. The molecular formula is C23H32O6. The van der Waals surface area contributed by atoms with Gasteiger partial charge in [-0.3, -0.25) is 14.4 Å². The van der Waals surface area contributed by atoms with Gasteiger partial charge in [0.15, 0.2) is 12.4 Å². The number of Topliss-reactive ketones (excluding diaryl/α,β-unsaturated/α-hetero) is 1. The van der Waals surface area contributed by atoms with Crippen LogP contribution >= 0.6 is 0 Å². The zero-order valence-corrected chi connectivity index (χ0v) is 17.6. The number of rotatable bonds is 3. The lowest BCUT2D eigenvalue weighted by Gasteiger charge is -2.62. The van der Waals surface area contributed by atoms with Crippen molar-refractivity contribution < 1.29 is 29.3 Å². The SMILES string of the molecule is CC(=O)OCC(=O)[C@]1(O)CC[C@]2(O)[C@H]3CCC4=CC(=O)CC[C@@]4(C)[C@@H]3CC[C@@]12C. The molecule has 6 atom stereocenters. The van der Waals surface area contributed by atoms with Crippen molar-refractivity contribution in [3.63, 3.8) is 0 Å². The van der Waals surface area contributed by atoms with E-state index in [0.717, 1.165) is 25.7 Å². The summed E-state index contributed by atoms with van der Waals surface area (Å²) >= 11 is 0. The fourth-order valence-electron chi connectivity index (χ4n) is 7.28. The Kier molecular flexibility index (Phi) is 4.63. The van der Waals surface area contributed by atoms with E-state index < -0.39 is 35.0 Å². The number of ether oxygens (including phenoxy) is 1. The quantitative estimate of drug-likeness (QED) is 0.701. The lowest BCUT2D eigenvalue weighted by Crippen LogP contribution is -2.66. The molecule has 4 aliphatic carbocycles. The van der Waals surface area contributed by atoms with Crippen LogP contribution in [-0.4, -0.2) is 45.6 Å². The molecule has 0 unspecified atom stereocenters. The molecule has 0 aromatic heterocycles. The van der Waals surface area contributed by atoms with Gasteiger partial charge in [0.2, 0.25) is 5.78 Å². The summed E-state index contributed by atoms with van der Waals surface area (Å²) in [7, 11) is 0. The van der Waals surface area contributed by atoms with Gasteiger partial charge in [-0.05, 0) is 68.3 Å². The van der Waals surface area contributed by atoms with Crippen molar-refractivity contribution in [2.75, 3.05) is 6.61 Å². The van der Waals surface area contributed by atoms with Crippen LogP contribution in [0.3, 0.4) is 0 Å². The van der Waals surface area contributed by atoms with Crippen LogP contribution in [0.4, 0.5) is 0 Å². The smallest absolute Gasteiger partial charge is 0.303 e. The standard InChI is InChI=1S/C23H32O6/c1-14(24)29-13-19(26)23(28)11-10-22(27)18-5-4-15-12-16(25)6-8-20(15,2)17(18)7-9-21(22,23)3/h12,17-18,27-28H,4-11,13H2,1-3H3/t17-,18+,20-,21-,22+,23-/m1/s1. The third kappa shape index (κ3) is 2.64. The summed E-state index contributed by atoms with van der Waals surface area (Å²) < 4.78 is 4.87. The number of hydrogen-bond acceptors (Lipinski definition) is 6. The van der Waals surface area contributed by atoms with Gasteiger partial charge in [-0.1, -0.05) is 19.4 Å². The van der Waals surface area contributed by atoms with E-state index in [4.69, 9.17) is 4.74 Å². The second-order valence-corrected chi connectivity index (χ2v) is 10.2. The molecule has 0 bridgehead atoms. The summed E-state index contributed by atoms with van der Waals surface area (Å²) in [5.41, 5.74) is -2.70. The Bertz CT molecular complexity index is 801. The Balaban J connectivity index is 1.66. The van der Waals surface area contributed by atoms with E-state index >= 15 is 0 Å². The van der Waals surface area contributed by atoms with Gasteiger partial charge in [-0.15, -0.1) is 0 Å². The Labute approximate surface area is 171 Å². The molecule has 6 heteroatoms. The summed E-state index contributed by atoms with van der Waals surface area (Å²) in [5, 5.41) is 23.4. The Morgan fingerprint density at radius 1 is 1.07 bits per heavy atom. The van der Waals surface area contributed by atoms with E-state index in [-0.39, 0.29) is 29.5 Å². The fourth-order valence-corrected chi connectivity index (χ4v) is 7.28. The first-order chi connectivity index (χ1) is 13.5. The predicted molar refractivity (Wildman–Crippen MR) is 105 cm³/mol. The van der Waals surface area contributed by atoms with Gasteiger partial charge in [-0.2, -0.15) is 0 Å². The van der Waals surface area contributed by atoms with Gasteiger partial charge < -0.3 is 14.9 Å². The highest BCUT2D eigenvalue weighted by Crippen LogP contribution is 2.69. The van der Waals surface area contributed by atoms with Crippen LogP contribution in [0.25, 0.3) is 0 Å². The minimum Gasteiger partial charge on any atom is -0.458 e. The number of allylic oxidation sites excluding steroid dienone is 1. The zero-order valence-electron chi connectivity index (χ0n) is 17.6. The number of aliphatic hydroxyl groups is 2. The average Bonchev–Trinajstić information content (AvgIpc) is 2.89. The molecule has 0 aliphatic heterocycles. The minimum absolute atomic E-state index is 0.0212. The summed E-state index contributed by atoms with van der Waals surface area (Å²) in [6.45, 7) is 4.83. The van der Waals surface area contributed by atoms with Gasteiger partial charge in [0.25, 0.3) is 0 Å². The second-order valence-electron chi connectivity index (χ2n) is 10.2. The van der Waals surface area contributed by atoms with Crippen molar-refractivity contribution in [1.82, 2.24) is 0 Å². The first kappa shape index (κ1) is 20.7. The summed E-state index contributed by atoms with van der Waals surface area (Å²) in [6, 6.07) is 0. The van der Waals surface area contributed by atoms with Crippen molar-refractivity contribution in [1.29, 1.82) is 0 Å². The number of fused-ring (bicyclic) bond motifs is 5. The fraction of sp³-hybridized carbons (Fsp3) is 0.783. The highest BCUT2D eigenvalue weighted by molar-refractivity contribution is 5.92. The van der Waals surface area contributed by atoms with Gasteiger partial charge in [0.05, 0.1) is 5.60 Å². The third-order valence-electron chi connectivity index (χ3n) is 9.16. The lowest BCUT2D eigenvalue weighted by atomic mass is 9.44. The molecule has 4 aliphatic rings. The third-order valence-corrected chi connectivity index (χ3v) is 9.16. The molecule has 160 valence electrons. The molecular weight excluding hydrogens is 372 g/mol. The summed E-state index contributed by atoms with van der Waals surface area (Å²) in [5.74, 6) is -0.667. The molecule has 29 heavy (non-hydrogen) atoms. The first-order valence-corrected chi connectivity index (χ1v) is 10.8. The predicted octanol–water partition coefficient (Wildman–Crippen LogP) is 2.50. The van der Waals surface area contributed by atoms with Crippen LogP contribution < -0.4 is 0 Å². The van der Waals surface area contributed by atoms with Gasteiger partial charge >= 0.3 is 5.97 Å². The normalized spacial score (nSPS) is 46.2. The average molecular weight is 405 g/mol. The Hall–Kier alpha value is -1.53. The maximum Gasteiger partial charge on any atom is 0.303 e. The van der Waals surface area contributed by atoms with Crippen molar-refractivity contribution >= 4 is 17.5 Å². The minimum atomic E-state index is -1.69. The van der Waals surface area contributed by atoms with E-state index in [1.165, 1.54) is 12.5 Å². The van der Waals surface area contributed by atoms with E-state index in [1.807, 2.05) is 13.0 Å². The maximum atomic E-state index is 12.9. The van der Waals surface area contributed by atoms with Gasteiger partial charge in [0, 0.05) is 18.8 Å². The van der Waals surface area contributed by atoms with Crippen LogP contribution in [0, 0.1) is 22.7 Å². The molecule has 2 N–H and O–H groups in total. The molecule has 0 aromatic rings. The van der Waals surface area contributed by atoms with Crippen molar-refractivity contribution in [2.24, 2.45) is 22.7 Å². The molecule has 4 rings (SSSR count). The summed E-state index contributed by atoms with van der Waals surface area (Å²) in [6.07, 6.45) is 6.60. The highest BCUT2D eigenvalue weighted by atomic mass is 16.5. The van der Waals surface area contributed by atoms with Crippen LogP contribution in [-0.2, 0) is 19.1 Å². The molecule has 0 aromatic carbocycles. The molecule has 0 saturated heterocycles. The molecule has 3 saturated carbocycles. The lowest BCUT2D eigenvalue weighted by molar-refractivity contribution is -0.218. The monoisotopic (exact) mass is 404 g/mol. The highest BCUT2D eigenvalue weighted by Gasteiger charge is 2.73. The number of esters is 1.